The van der Waals surface area contributed by atoms with Crippen molar-refractivity contribution in [3.05, 3.63) is 0 Å². The van der Waals surface area contributed by atoms with E-state index in [-0.39, 0.29) is 6.10 Å². The van der Waals surface area contributed by atoms with Crippen molar-refractivity contribution in [2.24, 2.45) is 0 Å². The predicted octanol–water partition coefficient (Wildman–Crippen LogP) is 0.709. The molecule has 10 heavy (non-hydrogen) atoms. The van der Waals surface area contributed by atoms with Crippen molar-refractivity contribution in [3.63, 3.8) is 0 Å². The summed E-state index contributed by atoms with van der Waals surface area (Å²) in [6, 6.07) is 0. The zero-order chi connectivity index (χ0) is 8.15. The van der Waals surface area contributed by atoms with E-state index >= 15 is 0 Å². The van der Waals surface area contributed by atoms with Crippen LogP contribution < -0.4 is 0 Å². The minimum absolute atomic E-state index is 0.145. The van der Waals surface area contributed by atoms with Gasteiger partial charge in [-0.2, -0.15) is 0 Å². The zero-order valence-corrected chi connectivity index (χ0v) is 6.63. The lowest BCUT2D eigenvalue weighted by Gasteiger charge is -2.10. The maximum atomic E-state index is 10.7. The fraction of sp³-hybridized carbons (Fsp3) is 0.857. The Bertz CT molecular complexity index is 109. The first-order chi connectivity index (χ1) is 4.57. The van der Waals surface area contributed by atoms with Gasteiger partial charge in [-0.3, -0.25) is 0 Å². The predicted molar refractivity (Wildman–Crippen MR) is 37.5 cm³/mol. The van der Waals surface area contributed by atoms with Gasteiger partial charge in [0.15, 0.2) is 6.10 Å². The number of hydrogen-bond acceptors (Lipinski definition) is 3. The highest BCUT2D eigenvalue weighted by atomic mass is 16.6. The van der Waals surface area contributed by atoms with E-state index in [1.165, 1.54) is 0 Å². The summed E-state index contributed by atoms with van der Waals surface area (Å²) in [6.45, 7) is 5.23. The molecule has 0 aliphatic carbocycles. The van der Waals surface area contributed by atoms with Gasteiger partial charge in [0, 0.05) is 0 Å². The van der Waals surface area contributed by atoms with Crippen LogP contribution in [0.3, 0.4) is 0 Å². The van der Waals surface area contributed by atoms with E-state index in [1.807, 2.05) is 0 Å². The molecule has 0 saturated heterocycles. The molecule has 1 atom stereocenters. The summed E-state index contributed by atoms with van der Waals surface area (Å²) in [5, 5.41) is 8.90. The van der Waals surface area contributed by atoms with E-state index < -0.39 is 12.1 Å². The molecule has 0 aliphatic heterocycles. The Kier molecular flexibility index (Phi) is 4.03. The molecule has 1 N–H and O–H groups in total. The van der Waals surface area contributed by atoms with Crippen molar-refractivity contribution in [2.75, 3.05) is 0 Å². The molecule has 0 spiro atoms. The van der Waals surface area contributed by atoms with Crippen LogP contribution in [0.5, 0.6) is 0 Å². The first kappa shape index (κ1) is 9.43. The Morgan fingerprint density at radius 1 is 1.60 bits per heavy atom. The Labute approximate surface area is 61.0 Å². The van der Waals surface area contributed by atoms with Crippen LogP contribution in [0.4, 0.5) is 0 Å². The topological polar surface area (TPSA) is 46.5 Å². The maximum Gasteiger partial charge on any atom is 0.335 e. The van der Waals surface area contributed by atoms with Crippen molar-refractivity contribution < 1.29 is 14.6 Å². The molecule has 0 saturated carbocycles. The van der Waals surface area contributed by atoms with Gasteiger partial charge >= 0.3 is 5.97 Å². The molecule has 60 valence electrons. The first-order valence-corrected chi connectivity index (χ1v) is 3.46. The highest BCUT2D eigenvalue weighted by molar-refractivity contribution is 5.74. The molecule has 0 aromatic heterocycles. The standard InChI is InChI=1S/C7H14O3/c1-4-6(8)7(9)10-5(2)3/h5-6,8H,4H2,1-3H3. The van der Waals surface area contributed by atoms with Gasteiger partial charge in [-0.15, -0.1) is 0 Å². The molecule has 0 aromatic carbocycles. The molecule has 0 aliphatic rings. The summed E-state index contributed by atoms with van der Waals surface area (Å²) in [6.07, 6.45) is -0.693. The molecule has 0 rings (SSSR count). The highest BCUT2D eigenvalue weighted by Gasteiger charge is 2.14. The summed E-state index contributed by atoms with van der Waals surface area (Å²) in [5.41, 5.74) is 0. The average molecular weight is 146 g/mol. The molecule has 0 bridgehead atoms. The lowest BCUT2D eigenvalue weighted by Crippen LogP contribution is -2.24. The maximum absolute atomic E-state index is 10.7. The number of rotatable bonds is 3. The van der Waals surface area contributed by atoms with Crippen molar-refractivity contribution >= 4 is 5.97 Å². The molecule has 0 fully saturated rings. The van der Waals surface area contributed by atoms with E-state index in [1.54, 1.807) is 20.8 Å². The van der Waals surface area contributed by atoms with Gasteiger partial charge in [0.1, 0.15) is 0 Å². The molecule has 1 unspecified atom stereocenters. The fourth-order valence-electron chi connectivity index (χ4n) is 0.478. The second-order valence-corrected chi connectivity index (χ2v) is 2.41. The zero-order valence-electron chi connectivity index (χ0n) is 6.63. The Balaban J connectivity index is 3.62. The lowest BCUT2D eigenvalue weighted by molar-refractivity contribution is -0.157. The van der Waals surface area contributed by atoms with E-state index in [0.717, 1.165) is 0 Å². The quantitative estimate of drug-likeness (QED) is 0.596. The van der Waals surface area contributed by atoms with Gasteiger partial charge in [0.05, 0.1) is 6.10 Å². The number of aliphatic hydroxyl groups is 1. The normalized spacial score (nSPS) is 13.3. The minimum Gasteiger partial charge on any atom is -0.461 e. The summed E-state index contributed by atoms with van der Waals surface area (Å²) in [4.78, 5) is 10.7. The van der Waals surface area contributed by atoms with E-state index in [9.17, 15) is 4.79 Å². The van der Waals surface area contributed by atoms with Crippen molar-refractivity contribution in [1.29, 1.82) is 0 Å². The smallest absolute Gasteiger partial charge is 0.335 e. The molecular formula is C7H14O3. The third kappa shape index (κ3) is 3.45. The van der Waals surface area contributed by atoms with Crippen molar-refractivity contribution in [1.82, 2.24) is 0 Å². The average Bonchev–Trinajstić information content (AvgIpc) is 1.85. The first-order valence-electron chi connectivity index (χ1n) is 3.46. The molecule has 0 heterocycles. The number of carbonyl (C=O) groups excluding carboxylic acids is 1. The number of hydrogen-bond donors (Lipinski definition) is 1. The van der Waals surface area contributed by atoms with Gasteiger partial charge in [0.25, 0.3) is 0 Å². The van der Waals surface area contributed by atoms with Crippen LogP contribution in [0.15, 0.2) is 0 Å². The molecule has 0 aromatic rings. The van der Waals surface area contributed by atoms with Crippen LogP contribution in [0.2, 0.25) is 0 Å². The van der Waals surface area contributed by atoms with Crippen LogP contribution in [-0.2, 0) is 9.53 Å². The second-order valence-electron chi connectivity index (χ2n) is 2.41. The summed E-state index contributed by atoms with van der Waals surface area (Å²) in [7, 11) is 0. The molecule has 3 nitrogen and oxygen atoms in total. The summed E-state index contributed by atoms with van der Waals surface area (Å²) in [5.74, 6) is -0.530. The molecule has 0 amide bonds. The summed E-state index contributed by atoms with van der Waals surface area (Å²) >= 11 is 0. The SMILES string of the molecule is CCC(O)C(=O)OC(C)C. The Morgan fingerprint density at radius 3 is 2.40 bits per heavy atom. The van der Waals surface area contributed by atoms with Gasteiger partial charge in [0.2, 0.25) is 0 Å². The van der Waals surface area contributed by atoms with Crippen LogP contribution in [-0.4, -0.2) is 23.3 Å². The Hall–Kier alpha value is -0.570. The van der Waals surface area contributed by atoms with Crippen molar-refractivity contribution in [3.8, 4) is 0 Å². The number of ether oxygens (including phenoxy) is 1. The monoisotopic (exact) mass is 146 g/mol. The van der Waals surface area contributed by atoms with Crippen molar-refractivity contribution in [2.45, 2.75) is 39.4 Å². The van der Waals surface area contributed by atoms with E-state index in [2.05, 4.69) is 0 Å². The highest BCUT2D eigenvalue weighted by Crippen LogP contribution is 1.96. The lowest BCUT2D eigenvalue weighted by atomic mass is 10.3. The van der Waals surface area contributed by atoms with Gasteiger partial charge < -0.3 is 9.84 Å². The number of aliphatic hydroxyl groups excluding tert-OH is 1. The summed E-state index contributed by atoms with van der Waals surface area (Å²) < 4.78 is 4.71. The van der Waals surface area contributed by atoms with Gasteiger partial charge in [-0.25, -0.2) is 4.79 Å². The van der Waals surface area contributed by atoms with Crippen LogP contribution >= 0.6 is 0 Å². The van der Waals surface area contributed by atoms with Crippen LogP contribution in [0, 0.1) is 0 Å². The minimum atomic E-state index is -0.956. The van der Waals surface area contributed by atoms with E-state index in [0.29, 0.717) is 6.42 Å². The van der Waals surface area contributed by atoms with E-state index in [4.69, 9.17) is 9.84 Å². The number of esters is 1. The van der Waals surface area contributed by atoms with Gasteiger partial charge in [-0.05, 0) is 20.3 Å². The largest absolute Gasteiger partial charge is 0.461 e. The third-order valence-corrected chi connectivity index (χ3v) is 1.01. The molecular weight excluding hydrogens is 132 g/mol. The molecule has 0 radical (unpaired) electrons. The fourth-order valence-corrected chi connectivity index (χ4v) is 0.478. The number of carbonyl (C=O) groups is 1. The second kappa shape index (κ2) is 4.28. The third-order valence-electron chi connectivity index (χ3n) is 1.01. The molecule has 3 heteroatoms. The van der Waals surface area contributed by atoms with Crippen LogP contribution in [0.25, 0.3) is 0 Å². The van der Waals surface area contributed by atoms with Crippen LogP contribution in [0.1, 0.15) is 27.2 Å². The van der Waals surface area contributed by atoms with Gasteiger partial charge in [-0.1, -0.05) is 6.92 Å². The Morgan fingerprint density at radius 2 is 2.10 bits per heavy atom.